The zero-order valence-electron chi connectivity index (χ0n) is 11.1. The van der Waals surface area contributed by atoms with Crippen molar-refractivity contribution in [2.75, 3.05) is 12.3 Å². The van der Waals surface area contributed by atoms with Crippen LogP contribution in [0, 0.1) is 18.7 Å². The third-order valence-corrected chi connectivity index (χ3v) is 3.10. The number of aryl methyl sites for hydroxylation is 1. The third-order valence-electron chi connectivity index (χ3n) is 3.10. The van der Waals surface area contributed by atoms with Gasteiger partial charge >= 0.3 is 5.97 Å². The lowest BCUT2D eigenvalue weighted by molar-refractivity contribution is 0.0428. The molecule has 0 aromatic heterocycles. The number of hydrogen-bond acceptors (Lipinski definition) is 3. The van der Waals surface area contributed by atoms with E-state index in [1.54, 1.807) is 6.92 Å². The van der Waals surface area contributed by atoms with Crippen molar-refractivity contribution >= 4 is 11.7 Å². The molecule has 0 aliphatic carbocycles. The van der Waals surface area contributed by atoms with Gasteiger partial charge in [0.15, 0.2) is 0 Å². The van der Waals surface area contributed by atoms with Crippen molar-refractivity contribution in [2.24, 2.45) is 5.92 Å². The molecule has 3 nitrogen and oxygen atoms in total. The fourth-order valence-electron chi connectivity index (χ4n) is 1.74. The Hall–Kier alpha value is -1.58. The van der Waals surface area contributed by atoms with Gasteiger partial charge in [-0.3, -0.25) is 0 Å². The topological polar surface area (TPSA) is 52.3 Å². The SMILES string of the molecule is CCC(CC)COC(=O)c1cc(N)cc(C)c1F. The van der Waals surface area contributed by atoms with Gasteiger partial charge in [0.2, 0.25) is 0 Å². The van der Waals surface area contributed by atoms with Crippen molar-refractivity contribution in [3.8, 4) is 0 Å². The fourth-order valence-corrected chi connectivity index (χ4v) is 1.74. The van der Waals surface area contributed by atoms with E-state index in [2.05, 4.69) is 0 Å². The number of hydrogen-bond donors (Lipinski definition) is 1. The Morgan fingerprint density at radius 1 is 1.39 bits per heavy atom. The number of rotatable bonds is 5. The van der Waals surface area contributed by atoms with Crippen LogP contribution >= 0.6 is 0 Å². The zero-order chi connectivity index (χ0) is 13.7. The van der Waals surface area contributed by atoms with Gasteiger partial charge in [0.25, 0.3) is 0 Å². The second-order valence-corrected chi connectivity index (χ2v) is 4.48. The van der Waals surface area contributed by atoms with E-state index in [0.717, 1.165) is 12.8 Å². The first-order valence-corrected chi connectivity index (χ1v) is 6.22. The lowest BCUT2D eigenvalue weighted by Gasteiger charge is -2.13. The molecule has 2 N–H and O–H groups in total. The molecule has 100 valence electrons. The molecule has 0 aliphatic rings. The van der Waals surface area contributed by atoms with Gasteiger partial charge in [0.05, 0.1) is 12.2 Å². The number of anilines is 1. The molecule has 1 aromatic rings. The Labute approximate surface area is 107 Å². The monoisotopic (exact) mass is 253 g/mol. The molecule has 1 aromatic carbocycles. The second kappa shape index (κ2) is 6.38. The van der Waals surface area contributed by atoms with Crippen molar-refractivity contribution in [2.45, 2.75) is 33.6 Å². The summed E-state index contributed by atoms with van der Waals surface area (Å²) in [4.78, 5) is 11.8. The highest BCUT2D eigenvalue weighted by Gasteiger charge is 2.17. The molecule has 0 unspecified atom stereocenters. The Balaban J connectivity index is 2.78. The summed E-state index contributed by atoms with van der Waals surface area (Å²) in [5, 5.41) is 0. The summed E-state index contributed by atoms with van der Waals surface area (Å²) in [6, 6.07) is 2.81. The van der Waals surface area contributed by atoms with Crippen LogP contribution in [-0.2, 0) is 4.74 Å². The first-order chi connectivity index (χ1) is 8.49. The van der Waals surface area contributed by atoms with Crippen molar-refractivity contribution in [1.29, 1.82) is 0 Å². The van der Waals surface area contributed by atoms with Gasteiger partial charge in [-0.15, -0.1) is 0 Å². The summed E-state index contributed by atoms with van der Waals surface area (Å²) in [6.45, 7) is 5.96. The van der Waals surface area contributed by atoms with Crippen LogP contribution in [0.5, 0.6) is 0 Å². The fraction of sp³-hybridized carbons (Fsp3) is 0.500. The van der Waals surface area contributed by atoms with Crippen LogP contribution in [0.25, 0.3) is 0 Å². The minimum absolute atomic E-state index is 0.0848. The molecule has 0 radical (unpaired) electrons. The van der Waals surface area contributed by atoms with E-state index >= 15 is 0 Å². The predicted molar refractivity (Wildman–Crippen MR) is 69.9 cm³/mol. The maximum Gasteiger partial charge on any atom is 0.341 e. The first-order valence-electron chi connectivity index (χ1n) is 6.22. The normalized spacial score (nSPS) is 10.7. The molecule has 0 aliphatic heterocycles. The molecule has 18 heavy (non-hydrogen) atoms. The van der Waals surface area contributed by atoms with Crippen molar-refractivity contribution in [3.63, 3.8) is 0 Å². The largest absolute Gasteiger partial charge is 0.462 e. The molecule has 4 heteroatoms. The number of benzene rings is 1. The molecule has 0 amide bonds. The lowest BCUT2D eigenvalue weighted by atomic mass is 10.1. The van der Waals surface area contributed by atoms with Crippen LogP contribution < -0.4 is 5.73 Å². The van der Waals surface area contributed by atoms with Gasteiger partial charge in [-0.05, 0) is 30.5 Å². The van der Waals surface area contributed by atoms with Gasteiger partial charge in [0.1, 0.15) is 5.82 Å². The Morgan fingerprint density at radius 3 is 2.56 bits per heavy atom. The zero-order valence-corrected chi connectivity index (χ0v) is 11.1. The average Bonchev–Trinajstić information content (AvgIpc) is 2.34. The highest BCUT2D eigenvalue weighted by Crippen LogP contribution is 2.18. The summed E-state index contributed by atoms with van der Waals surface area (Å²) >= 11 is 0. The average molecular weight is 253 g/mol. The number of ether oxygens (including phenoxy) is 1. The highest BCUT2D eigenvalue weighted by molar-refractivity contribution is 5.91. The summed E-state index contributed by atoms with van der Waals surface area (Å²) in [5.41, 5.74) is 6.23. The molecule has 0 fully saturated rings. The molecule has 1 rings (SSSR count). The highest BCUT2D eigenvalue weighted by atomic mass is 19.1. The molecule has 0 bridgehead atoms. The third kappa shape index (κ3) is 3.45. The summed E-state index contributed by atoms with van der Waals surface area (Å²) in [7, 11) is 0. The molecular formula is C14H20FNO2. The van der Waals surface area contributed by atoms with Crippen molar-refractivity contribution in [1.82, 2.24) is 0 Å². The van der Waals surface area contributed by atoms with E-state index in [1.807, 2.05) is 13.8 Å². The number of carbonyl (C=O) groups is 1. The maximum absolute atomic E-state index is 13.8. The van der Waals surface area contributed by atoms with E-state index < -0.39 is 11.8 Å². The number of nitrogens with two attached hydrogens (primary N) is 1. The van der Waals surface area contributed by atoms with Gasteiger partial charge in [-0.2, -0.15) is 0 Å². The van der Waals surface area contributed by atoms with E-state index in [0.29, 0.717) is 23.8 Å². The standard InChI is InChI=1S/C14H20FNO2/c1-4-10(5-2)8-18-14(17)12-7-11(16)6-9(3)13(12)15/h6-7,10H,4-5,8,16H2,1-3H3. The Bertz CT molecular complexity index is 428. The van der Waals surface area contributed by atoms with Crippen molar-refractivity contribution in [3.05, 3.63) is 29.1 Å². The predicted octanol–water partition coefficient (Wildman–Crippen LogP) is 3.31. The van der Waals surface area contributed by atoms with Gasteiger partial charge < -0.3 is 10.5 Å². The van der Waals surface area contributed by atoms with Crippen LogP contribution in [-0.4, -0.2) is 12.6 Å². The molecule has 0 atom stereocenters. The van der Waals surface area contributed by atoms with Crippen LogP contribution in [0.4, 0.5) is 10.1 Å². The van der Waals surface area contributed by atoms with E-state index in [9.17, 15) is 9.18 Å². The van der Waals surface area contributed by atoms with Crippen LogP contribution in [0.2, 0.25) is 0 Å². The van der Waals surface area contributed by atoms with Crippen LogP contribution in [0.1, 0.15) is 42.6 Å². The van der Waals surface area contributed by atoms with E-state index in [-0.39, 0.29) is 5.56 Å². The smallest absolute Gasteiger partial charge is 0.341 e. The van der Waals surface area contributed by atoms with Gasteiger partial charge in [-0.1, -0.05) is 26.7 Å². The Kier molecular flexibility index (Phi) is 5.13. The molecule has 0 heterocycles. The maximum atomic E-state index is 13.8. The number of halogens is 1. The molecular weight excluding hydrogens is 233 g/mol. The van der Waals surface area contributed by atoms with Crippen molar-refractivity contribution < 1.29 is 13.9 Å². The summed E-state index contributed by atoms with van der Waals surface area (Å²) in [5.74, 6) is -0.882. The quantitative estimate of drug-likeness (QED) is 0.647. The Morgan fingerprint density at radius 2 is 2.00 bits per heavy atom. The van der Waals surface area contributed by atoms with Gasteiger partial charge in [0, 0.05) is 5.69 Å². The minimum Gasteiger partial charge on any atom is -0.462 e. The van der Waals surface area contributed by atoms with E-state index in [4.69, 9.17) is 10.5 Å². The summed E-state index contributed by atoms with van der Waals surface area (Å²) in [6.07, 6.45) is 1.87. The minimum atomic E-state index is -0.644. The summed E-state index contributed by atoms with van der Waals surface area (Å²) < 4.78 is 18.9. The number of nitrogen functional groups attached to an aromatic ring is 1. The number of carbonyl (C=O) groups excluding carboxylic acids is 1. The van der Waals surface area contributed by atoms with Crippen LogP contribution in [0.3, 0.4) is 0 Å². The molecule has 0 spiro atoms. The lowest BCUT2D eigenvalue weighted by Crippen LogP contribution is -2.15. The van der Waals surface area contributed by atoms with Gasteiger partial charge in [-0.25, -0.2) is 9.18 Å². The van der Waals surface area contributed by atoms with E-state index in [1.165, 1.54) is 12.1 Å². The first kappa shape index (κ1) is 14.5. The molecule has 0 saturated heterocycles. The molecule has 0 saturated carbocycles. The second-order valence-electron chi connectivity index (χ2n) is 4.48. The van der Waals surface area contributed by atoms with Crippen LogP contribution in [0.15, 0.2) is 12.1 Å². The number of esters is 1.